The molecule has 2 fully saturated rings. The molecule has 2 aliphatic rings. The lowest BCUT2D eigenvalue weighted by Crippen LogP contribution is -2.53. The molecular weight excluding hydrogens is 394 g/mol. The summed E-state index contributed by atoms with van der Waals surface area (Å²) < 4.78 is 18.2. The normalized spacial score (nSPS) is 24.5. The highest BCUT2D eigenvalue weighted by molar-refractivity contribution is 6.52. The molecule has 1 heterocycles. The number of benzene rings is 1. The van der Waals surface area contributed by atoms with E-state index in [1.807, 2.05) is 0 Å². The number of alkyl halides is 2. The van der Waals surface area contributed by atoms with Crippen LogP contribution in [-0.2, 0) is 9.53 Å². The van der Waals surface area contributed by atoms with Crippen LogP contribution in [0.2, 0.25) is 0 Å². The highest BCUT2D eigenvalue weighted by Gasteiger charge is 2.58. The summed E-state index contributed by atoms with van der Waals surface area (Å²) in [7, 11) is 0. The minimum atomic E-state index is -1.04. The fraction of sp³-hybridized carbons (Fsp3) is 0.579. The number of carbonyl (C=O) groups is 2. The Morgan fingerprint density at radius 1 is 1.26 bits per heavy atom. The Bertz CT molecular complexity index is 751. The van der Waals surface area contributed by atoms with E-state index in [0.717, 1.165) is 0 Å². The number of hydrogen-bond donors (Lipinski definition) is 0. The van der Waals surface area contributed by atoms with Gasteiger partial charge in [-0.3, -0.25) is 4.79 Å². The molecule has 2 atom stereocenters. The first kappa shape index (κ1) is 20.2. The van der Waals surface area contributed by atoms with Crippen LogP contribution in [0.5, 0.6) is 0 Å². The van der Waals surface area contributed by atoms with E-state index in [2.05, 4.69) is 0 Å². The molecule has 5 nitrogen and oxygen atoms in total. The summed E-state index contributed by atoms with van der Waals surface area (Å²) >= 11 is 12.1. The van der Waals surface area contributed by atoms with Crippen LogP contribution in [0.3, 0.4) is 0 Å². The van der Waals surface area contributed by atoms with Gasteiger partial charge in [0, 0.05) is 19.6 Å². The molecule has 1 aliphatic carbocycles. The van der Waals surface area contributed by atoms with Crippen LogP contribution < -0.4 is 0 Å². The van der Waals surface area contributed by atoms with Gasteiger partial charge in [0.1, 0.15) is 15.8 Å². The van der Waals surface area contributed by atoms with Gasteiger partial charge in [0.05, 0.1) is 12.0 Å². The number of ether oxygens (including phenoxy) is 1. The molecule has 0 aromatic heterocycles. The van der Waals surface area contributed by atoms with Crippen molar-refractivity contribution in [3.05, 3.63) is 35.6 Å². The zero-order valence-electron chi connectivity index (χ0n) is 15.5. The highest BCUT2D eigenvalue weighted by atomic mass is 35.5. The molecule has 148 valence electrons. The van der Waals surface area contributed by atoms with E-state index in [4.69, 9.17) is 27.9 Å². The van der Waals surface area contributed by atoms with Crippen LogP contribution >= 0.6 is 23.2 Å². The van der Waals surface area contributed by atoms with Gasteiger partial charge in [-0.05, 0) is 44.9 Å². The molecular formula is C19H23Cl2FN2O3. The Morgan fingerprint density at radius 3 is 2.48 bits per heavy atom. The van der Waals surface area contributed by atoms with Gasteiger partial charge in [-0.1, -0.05) is 12.1 Å². The van der Waals surface area contributed by atoms with Gasteiger partial charge in [-0.25, -0.2) is 9.18 Å². The Labute approximate surface area is 168 Å². The molecule has 1 saturated carbocycles. The molecule has 0 radical (unpaired) electrons. The van der Waals surface area contributed by atoms with Gasteiger partial charge >= 0.3 is 6.09 Å². The summed E-state index contributed by atoms with van der Waals surface area (Å²) in [6.07, 6.45) is -0.0525. The van der Waals surface area contributed by atoms with Crippen LogP contribution in [0.1, 0.15) is 38.8 Å². The lowest BCUT2D eigenvalue weighted by molar-refractivity contribution is -0.137. The van der Waals surface area contributed by atoms with Crippen LogP contribution in [0, 0.1) is 11.7 Å². The Hall–Kier alpha value is -1.53. The topological polar surface area (TPSA) is 49.9 Å². The van der Waals surface area contributed by atoms with Crippen LogP contribution in [-0.4, -0.2) is 51.4 Å². The summed E-state index contributed by atoms with van der Waals surface area (Å²) in [5.41, 5.74) is -0.00418. The first-order valence-electron chi connectivity index (χ1n) is 8.89. The molecule has 0 bridgehead atoms. The van der Waals surface area contributed by atoms with Gasteiger partial charge < -0.3 is 14.5 Å². The SMILES string of the molecule is CC(C)(C)OC(=O)N1CCN(C(=O)[C@H]2CC2(Cl)Cl)[C@H](c2cccc(F)c2)C1. The summed E-state index contributed by atoms with van der Waals surface area (Å²) in [4.78, 5) is 28.5. The molecule has 0 spiro atoms. The number of hydrogen-bond acceptors (Lipinski definition) is 3. The van der Waals surface area contributed by atoms with E-state index in [9.17, 15) is 14.0 Å². The second kappa shape index (κ2) is 7.13. The maximum absolute atomic E-state index is 13.8. The number of amides is 2. The predicted molar refractivity (Wildman–Crippen MR) is 101 cm³/mol. The zero-order chi connectivity index (χ0) is 20.0. The maximum Gasteiger partial charge on any atom is 0.410 e. The van der Waals surface area contributed by atoms with Crippen LogP contribution in [0.15, 0.2) is 24.3 Å². The summed E-state index contributed by atoms with van der Waals surface area (Å²) in [5.74, 6) is -1.03. The molecule has 0 N–H and O–H groups in total. The fourth-order valence-corrected chi connectivity index (χ4v) is 3.71. The number of rotatable bonds is 2. The average Bonchev–Trinajstić information content (AvgIpc) is 3.20. The van der Waals surface area contributed by atoms with Crippen molar-refractivity contribution in [1.29, 1.82) is 0 Å². The van der Waals surface area contributed by atoms with Gasteiger partial charge in [-0.2, -0.15) is 0 Å². The van der Waals surface area contributed by atoms with E-state index in [1.165, 1.54) is 12.1 Å². The second-order valence-corrected chi connectivity index (χ2v) is 9.59. The predicted octanol–water partition coefficient (Wildman–Crippen LogP) is 4.14. The number of piperazine rings is 1. The highest BCUT2D eigenvalue weighted by Crippen LogP contribution is 2.54. The molecule has 1 aromatic carbocycles. The third-order valence-corrected chi connectivity index (χ3v) is 5.51. The van der Waals surface area contributed by atoms with Crippen LogP contribution in [0.25, 0.3) is 0 Å². The molecule has 27 heavy (non-hydrogen) atoms. The van der Waals surface area contributed by atoms with Gasteiger partial charge in [0.15, 0.2) is 0 Å². The first-order chi connectivity index (χ1) is 12.5. The van der Waals surface area contributed by atoms with Crippen molar-refractivity contribution in [3.63, 3.8) is 0 Å². The largest absolute Gasteiger partial charge is 0.444 e. The number of halogens is 3. The summed E-state index contributed by atoms with van der Waals surface area (Å²) in [5, 5.41) is 0. The van der Waals surface area contributed by atoms with Gasteiger partial charge in [0.25, 0.3) is 0 Å². The lowest BCUT2D eigenvalue weighted by Gasteiger charge is -2.42. The van der Waals surface area contributed by atoms with E-state index in [0.29, 0.717) is 25.1 Å². The Morgan fingerprint density at radius 2 is 1.93 bits per heavy atom. The molecule has 1 aromatic rings. The van der Waals surface area contributed by atoms with Crippen LogP contribution in [0.4, 0.5) is 9.18 Å². The van der Waals surface area contributed by atoms with Gasteiger partial charge in [-0.15, -0.1) is 23.2 Å². The molecule has 8 heteroatoms. The molecule has 1 saturated heterocycles. The average molecular weight is 417 g/mol. The minimum absolute atomic E-state index is 0.168. The summed E-state index contributed by atoms with van der Waals surface area (Å²) in [6, 6.07) is 5.57. The molecule has 2 amide bonds. The smallest absolute Gasteiger partial charge is 0.410 e. The molecule has 1 aliphatic heterocycles. The van der Waals surface area contributed by atoms with E-state index < -0.39 is 33.8 Å². The van der Waals surface area contributed by atoms with E-state index >= 15 is 0 Å². The monoisotopic (exact) mass is 416 g/mol. The standard InChI is InChI=1S/C19H23Cl2FN2O3/c1-18(2,3)27-17(26)23-7-8-24(16(25)14-10-19(14,20)21)15(11-23)12-5-4-6-13(22)9-12/h4-6,9,14-15H,7-8,10-11H2,1-3H3/t14-,15+/m1/s1. The van der Waals surface area contributed by atoms with E-state index in [-0.39, 0.29) is 12.5 Å². The Balaban J connectivity index is 1.83. The minimum Gasteiger partial charge on any atom is -0.444 e. The fourth-order valence-electron chi connectivity index (χ4n) is 3.22. The van der Waals surface area contributed by atoms with Crippen molar-refractivity contribution in [2.24, 2.45) is 5.92 Å². The number of carbonyl (C=O) groups excluding carboxylic acids is 2. The van der Waals surface area contributed by atoms with Crippen molar-refractivity contribution in [1.82, 2.24) is 9.80 Å². The van der Waals surface area contributed by atoms with Crippen molar-refractivity contribution in [2.45, 2.75) is 43.2 Å². The first-order valence-corrected chi connectivity index (χ1v) is 9.65. The van der Waals surface area contributed by atoms with E-state index in [1.54, 1.807) is 42.7 Å². The second-order valence-electron chi connectivity index (χ2n) is 8.05. The summed E-state index contributed by atoms with van der Waals surface area (Å²) in [6.45, 7) is 6.23. The van der Waals surface area contributed by atoms with Crippen molar-refractivity contribution >= 4 is 35.2 Å². The maximum atomic E-state index is 13.8. The van der Waals surface area contributed by atoms with Crippen molar-refractivity contribution in [3.8, 4) is 0 Å². The van der Waals surface area contributed by atoms with Crippen molar-refractivity contribution < 1.29 is 18.7 Å². The quantitative estimate of drug-likeness (QED) is 0.680. The number of nitrogens with zero attached hydrogens (tertiary/aromatic N) is 2. The lowest BCUT2D eigenvalue weighted by atomic mass is 10.0. The zero-order valence-corrected chi connectivity index (χ0v) is 17.1. The third kappa shape index (κ3) is 4.66. The molecule has 3 rings (SSSR count). The third-order valence-electron chi connectivity index (χ3n) is 4.67. The molecule has 0 unspecified atom stereocenters. The van der Waals surface area contributed by atoms with Gasteiger partial charge in [0.2, 0.25) is 5.91 Å². The van der Waals surface area contributed by atoms with Crippen molar-refractivity contribution in [2.75, 3.05) is 19.6 Å². The Kier molecular flexibility index (Phi) is 5.34.